The van der Waals surface area contributed by atoms with Crippen LogP contribution in [0.4, 0.5) is 0 Å². The van der Waals surface area contributed by atoms with Gasteiger partial charge in [-0.25, -0.2) is 4.68 Å². The van der Waals surface area contributed by atoms with Crippen molar-refractivity contribution in [2.24, 2.45) is 5.73 Å². The van der Waals surface area contributed by atoms with E-state index in [9.17, 15) is 0 Å². The van der Waals surface area contributed by atoms with Gasteiger partial charge < -0.3 is 25.3 Å². The van der Waals surface area contributed by atoms with Gasteiger partial charge in [0.25, 0.3) is 0 Å². The summed E-state index contributed by atoms with van der Waals surface area (Å²) in [5.41, 5.74) is 5.87. The van der Waals surface area contributed by atoms with Crippen LogP contribution in [0.2, 0.25) is 0 Å². The van der Waals surface area contributed by atoms with Crippen LogP contribution in [0.1, 0.15) is 46.2 Å². The molecule has 3 N–H and O–H groups in total. The number of nitrogens with zero attached hydrogens (tertiary/aromatic N) is 3. The molecule has 1 rings (SSSR count). The van der Waals surface area contributed by atoms with E-state index < -0.39 is 0 Å². The molecule has 1 heterocycles. The van der Waals surface area contributed by atoms with Gasteiger partial charge in [0.1, 0.15) is 0 Å². The Morgan fingerprint density at radius 1 is 1.04 bits per heavy atom. The first-order chi connectivity index (χ1) is 12.3. The molecule has 0 amide bonds. The summed E-state index contributed by atoms with van der Waals surface area (Å²) in [5, 5.41) is 11.0. The van der Waals surface area contributed by atoms with Gasteiger partial charge in [0.05, 0.1) is 43.3 Å². The smallest absolute Gasteiger partial charge is 0.0962 e. The molecule has 0 unspecified atom stereocenters. The zero-order valence-electron chi connectivity index (χ0n) is 17.1. The van der Waals surface area contributed by atoms with Crippen LogP contribution in [-0.4, -0.2) is 66.2 Å². The average molecular weight is 372 g/mol. The molecule has 1 aromatic rings. The molecule has 0 aromatic carbocycles. The standard InChI is InChI=1S/C18H37N5O3/c1-17(2,6-10-24-12-8-20-5)25-11-7-18(3,4)26-13-9-23-15-16(14-19)21-22-23/h15,20H,6-14,19H2,1-5H3. The zero-order chi connectivity index (χ0) is 19.5. The maximum atomic E-state index is 6.04. The average Bonchev–Trinajstić information content (AvgIpc) is 3.02. The Hall–Kier alpha value is -1.06. The third kappa shape index (κ3) is 10.2. The number of nitrogens with one attached hydrogen (secondary N) is 1. The highest BCUT2D eigenvalue weighted by Gasteiger charge is 2.22. The van der Waals surface area contributed by atoms with Gasteiger partial charge in [-0.05, 0) is 47.6 Å². The van der Waals surface area contributed by atoms with Gasteiger partial charge in [-0.2, -0.15) is 0 Å². The molecule has 0 saturated heterocycles. The van der Waals surface area contributed by atoms with Gasteiger partial charge in [-0.15, -0.1) is 5.10 Å². The van der Waals surface area contributed by atoms with Gasteiger partial charge in [-0.3, -0.25) is 0 Å². The van der Waals surface area contributed by atoms with E-state index in [-0.39, 0.29) is 11.2 Å². The highest BCUT2D eigenvalue weighted by Crippen LogP contribution is 2.19. The molecular formula is C18H37N5O3. The Kier molecular flexibility index (Phi) is 10.3. The topological polar surface area (TPSA) is 96.5 Å². The fourth-order valence-corrected chi connectivity index (χ4v) is 2.27. The van der Waals surface area contributed by atoms with E-state index in [1.165, 1.54) is 0 Å². The number of hydrogen-bond donors (Lipinski definition) is 2. The van der Waals surface area contributed by atoms with Gasteiger partial charge >= 0.3 is 0 Å². The number of likely N-dealkylation sites (N-methyl/N-ethyl adjacent to an activating group) is 1. The second-order valence-electron chi connectivity index (χ2n) is 7.61. The van der Waals surface area contributed by atoms with E-state index in [2.05, 4.69) is 43.3 Å². The molecule has 0 spiro atoms. The first-order valence-corrected chi connectivity index (χ1v) is 9.37. The van der Waals surface area contributed by atoms with E-state index in [0.717, 1.165) is 31.7 Å². The van der Waals surface area contributed by atoms with Crippen LogP contribution in [0.5, 0.6) is 0 Å². The summed E-state index contributed by atoms with van der Waals surface area (Å²) < 4.78 is 19.4. The largest absolute Gasteiger partial charge is 0.380 e. The Balaban J connectivity index is 2.18. The summed E-state index contributed by atoms with van der Waals surface area (Å²) in [6, 6.07) is 0. The molecular weight excluding hydrogens is 334 g/mol. The maximum Gasteiger partial charge on any atom is 0.0962 e. The molecule has 152 valence electrons. The van der Waals surface area contributed by atoms with E-state index in [4.69, 9.17) is 19.9 Å². The molecule has 0 atom stereocenters. The third-order valence-electron chi connectivity index (χ3n) is 4.15. The first kappa shape index (κ1) is 23.0. The molecule has 26 heavy (non-hydrogen) atoms. The summed E-state index contributed by atoms with van der Waals surface area (Å²) in [6.45, 7) is 12.9. The lowest BCUT2D eigenvalue weighted by atomic mass is 10.0. The second-order valence-corrected chi connectivity index (χ2v) is 7.61. The van der Waals surface area contributed by atoms with Crippen LogP contribution in [0.25, 0.3) is 0 Å². The number of ether oxygens (including phenoxy) is 3. The van der Waals surface area contributed by atoms with Crippen LogP contribution >= 0.6 is 0 Å². The Bertz CT molecular complexity index is 491. The number of nitrogens with two attached hydrogens (primary N) is 1. The summed E-state index contributed by atoms with van der Waals surface area (Å²) in [5.74, 6) is 0. The summed E-state index contributed by atoms with van der Waals surface area (Å²) in [4.78, 5) is 0. The minimum Gasteiger partial charge on any atom is -0.380 e. The van der Waals surface area contributed by atoms with Crippen LogP contribution in [0.15, 0.2) is 6.20 Å². The van der Waals surface area contributed by atoms with Crippen molar-refractivity contribution in [2.75, 3.05) is 40.0 Å². The van der Waals surface area contributed by atoms with Crippen molar-refractivity contribution in [3.63, 3.8) is 0 Å². The highest BCUT2D eigenvalue weighted by atomic mass is 16.5. The molecule has 0 bridgehead atoms. The van der Waals surface area contributed by atoms with Crippen LogP contribution < -0.4 is 11.1 Å². The number of rotatable bonds is 15. The Morgan fingerprint density at radius 2 is 1.69 bits per heavy atom. The Morgan fingerprint density at radius 3 is 2.31 bits per heavy atom. The second kappa shape index (κ2) is 11.6. The van der Waals surface area contributed by atoms with Crippen molar-refractivity contribution < 1.29 is 14.2 Å². The molecule has 0 aliphatic rings. The lowest BCUT2D eigenvalue weighted by Crippen LogP contribution is -2.32. The zero-order valence-corrected chi connectivity index (χ0v) is 17.1. The van der Waals surface area contributed by atoms with E-state index in [1.807, 2.05) is 13.2 Å². The van der Waals surface area contributed by atoms with Gasteiger partial charge in [0.2, 0.25) is 0 Å². The predicted molar refractivity (Wildman–Crippen MR) is 102 cm³/mol. The van der Waals surface area contributed by atoms with Crippen molar-refractivity contribution in [1.29, 1.82) is 0 Å². The fraction of sp³-hybridized carbons (Fsp3) is 0.889. The van der Waals surface area contributed by atoms with Crippen LogP contribution in [0.3, 0.4) is 0 Å². The van der Waals surface area contributed by atoms with Crippen LogP contribution in [-0.2, 0) is 27.3 Å². The Labute approximate surface area is 157 Å². The molecule has 1 aromatic heterocycles. The van der Waals surface area contributed by atoms with Crippen molar-refractivity contribution >= 4 is 0 Å². The molecule has 0 saturated carbocycles. The lowest BCUT2D eigenvalue weighted by molar-refractivity contribution is -0.0817. The molecule has 8 nitrogen and oxygen atoms in total. The van der Waals surface area contributed by atoms with Gasteiger partial charge in [0.15, 0.2) is 0 Å². The first-order valence-electron chi connectivity index (χ1n) is 9.37. The molecule has 0 radical (unpaired) electrons. The SMILES string of the molecule is CNCCOCCC(C)(C)OCCC(C)(C)OCCn1cc(CN)nn1. The maximum absolute atomic E-state index is 6.04. The van der Waals surface area contributed by atoms with E-state index >= 15 is 0 Å². The summed E-state index contributed by atoms with van der Waals surface area (Å²) in [7, 11) is 1.92. The van der Waals surface area contributed by atoms with Crippen molar-refractivity contribution in [1.82, 2.24) is 20.3 Å². The van der Waals surface area contributed by atoms with Gasteiger partial charge in [-0.1, -0.05) is 5.21 Å². The lowest BCUT2D eigenvalue weighted by Gasteiger charge is -2.29. The number of hydrogen-bond acceptors (Lipinski definition) is 7. The van der Waals surface area contributed by atoms with Crippen LogP contribution in [0, 0.1) is 0 Å². The van der Waals surface area contributed by atoms with Crippen molar-refractivity contribution in [3.05, 3.63) is 11.9 Å². The fourth-order valence-electron chi connectivity index (χ4n) is 2.27. The third-order valence-corrected chi connectivity index (χ3v) is 4.15. The van der Waals surface area contributed by atoms with Crippen molar-refractivity contribution in [2.45, 2.75) is 64.8 Å². The minimum absolute atomic E-state index is 0.199. The molecule has 0 aliphatic heterocycles. The normalized spacial score (nSPS) is 12.7. The quantitative estimate of drug-likeness (QED) is 0.449. The minimum atomic E-state index is -0.253. The van der Waals surface area contributed by atoms with Crippen molar-refractivity contribution in [3.8, 4) is 0 Å². The summed E-state index contributed by atoms with van der Waals surface area (Å²) in [6.07, 6.45) is 3.54. The van der Waals surface area contributed by atoms with Gasteiger partial charge in [0, 0.05) is 25.9 Å². The van der Waals surface area contributed by atoms with E-state index in [0.29, 0.717) is 32.9 Å². The number of aromatic nitrogens is 3. The molecule has 0 fully saturated rings. The monoisotopic (exact) mass is 371 g/mol. The molecule has 0 aliphatic carbocycles. The molecule has 8 heteroatoms. The van der Waals surface area contributed by atoms with E-state index in [1.54, 1.807) is 4.68 Å². The highest BCUT2D eigenvalue weighted by molar-refractivity contribution is 4.90. The predicted octanol–water partition coefficient (Wildman–Crippen LogP) is 1.34. The summed E-state index contributed by atoms with van der Waals surface area (Å²) >= 11 is 0.